The summed E-state index contributed by atoms with van der Waals surface area (Å²) in [6.45, 7) is 3.51. The predicted octanol–water partition coefficient (Wildman–Crippen LogP) is 1.65. The van der Waals surface area contributed by atoms with Gasteiger partial charge >= 0.3 is 5.97 Å². The molecule has 0 fully saturated rings. The highest BCUT2D eigenvalue weighted by atomic mass is 16.6. The highest BCUT2D eigenvalue weighted by Gasteiger charge is 2.17. The van der Waals surface area contributed by atoms with Gasteiger partial charge in [-0.05, 0) is 19.9 Å². The largest absolute Gasteiger partial charge is 0.479 e. The normalized spacial score (nSPS) is 14.0. The highest BCUT2D eigenvalue weighted by Crippen LogP contribution is 2.24. The molecule has 0 aliphatic carbocycles. The lowest BCUT2D eigenvalue weighted by Gasteiger charge is -2.17. The zero-order valence-electron chi connectivity index (χ0n) is 9.77. The molecule has 4 heteroatoms. The Labute approximate surface area is 95.3 Å². The van der Waals surface area contributed by atoms with Crippen molar-refractivity contribution < 1.29 is 14.3 Å². The third-order valence-corrected chi connectivity index (χ3v) is 2.25. The van der Waals surface area contributed by atoms with Crippen LogP contribution in [-0.4, -0.2) is 19.2 Å². The van der Waals surface area contributed by atoms with Crippen LogP contribution in [0.25, 0.3) is 0 Å². The van der Waals surface area contributed by atoms with Crippen LogP contribution < -0.4 is 10.5 Å². The first-order chi connectivity index (χ1) is 7.56. The molecule has 88 valence electrons. The van der Waals surface area contributed by atoms with Crippen LogP contribution in [0.2, 0.25) is 0 Å². The lowest BCUT2D eigenvalue weighted by Crippen LogP contribution is -2.25. The summed E-state index contributed by atoms with van der Waals surface area (Å²) in [5.74, 6) is 0.217. The topological polar surface area (TPSA) is 61.5 Å². The Morgan fingerprint density at radius 2 is 1.94 bits per heavy atom. The number of hydrogen-bond acceptors (Lipinski definition) is 4. The van der Waals surface area contributed by atoms with Gasteiger partial charge in [0.2, 0.25) is 0 Å². The first-order valence-electron chi connectivity index (χ1n) is 5.15. The van der Waals surface area contributed by atoms with Gasteiger partial charge in [0, 0.05) is 11.6 Å². The summed E-state index contributed by atoms with van der Waals surface area (Å²) in [5, 5.41) is 0. The fraction of sp³-hybridized carbons (Fsp3) is 0.417. The van der Waals surface area contributed by atoms with Crippen LogP contribution in [0.15, 0.2) is 24.3 Å². The molecule has 16 heavy (non-hydrogen) atoms. The Morgan fingerprint density at radius 3 is 2.50 bits per heavy atom. The average molecular weight is 223 g/mol. The summed E-state index contributed by atoms with van der Waals surface area (Å²) in [5.41, 5.74) is 6.68. The highest BCUT2D eigenvalue weighted by molar-refractivity contribution is 5.74. The molecule has 2 N–H and O–H groups in total. The summed E-state index contributed by atoms with van der Waals surface area (Å²) in [4.78, 5) is 11.2. The van der Waals surface area contributed by atoms with Gasteiger partial charge in [0.15, 0.2) is 6.10 Å². The molecule has 1 aromatic carbocycles. The van der Waals surface area contributed by atoms with E-state index < -0.39 is 12.1 Å². The molecule has 0 saturated carbocycles. The maximum absolute atomic E-state index is 11.2. The Morgan fingerprint density at radius 1 is 1.31 bits per heavy atom. The van der Waals surface area contributed by atoms with Crippen molar-refractivity contribution in [2.24, 2.45) is 5.73 Å². The molecule has 0 aromatic heterocycles. The van der Waals surface area contributed by atoms with E-state index in [2.05, 4.69) is 4.74 Å². The van der Waals surface area contributed by atoms with Gasteiger partial charge < -0.3 is 15.2 Å². The molecule has 0 saturated heterocycles. The number of para-hydroxylation sites is 1. The smallest absolute Gasteiger partial charge is 0.346 e. The first kappa shape index (κ1) is 12.5. The maximum Gasteiger partial charge on any atom is 0.346 e. The number of benzene rings is 1. The van der Waals surface area contributed by atoms with Gasteiger partial charge in [0.25, 0.3) is 0 Å². The molecule has 0 aliphatic heterocycles. The molecular weight excluding hydrogens is 206 g/mol. The number of methoxy groups -OCH3 is 1. The summed E-state index contributed by atoms with van der Waals surface area (Å²) < 4.78 is 10.1. The van der Waals surface area contributed by atoms with Crippen LogP contribution in [0.1, 0.15) is 25.5 Å². The number of esters is 1. The van der Waals surface area contributed by atoms with Gasteiger partial charge in [-0.25, -0.2) is 4.79 Å². The maximum atomic E-state index is 11.2. The van der Waals surface area contributed by atoms with E-state index in [1.807, 2.05) is 25.1 Å². The molecular formula is C12H17NO3. The summed E-state index contributed by atoms with van der Waals surface area (Å²) in [6, 6.07) is 7.25. The van der Waals surface area contributed by atoms with Gasteiger partial charge in [0.1, 0.15) is 5.75 Å². The van der Waals surface area contributed by atoms with Crippen molar-refractivity contribution in [2.45, 2.75) is 26.0 Å². The summed E-state index contributed by atoms with van der Waals surface area (Å²) in [6.07, 6.45) is -0.634. The van der Waals surface area contributed by atoms with E-state index in [1.54, 1.807) is 13.0 Å². The molecule has 4 nitrogen and oxygen atoms in total. The quantitative estimate of drug-likeness (QED) is 0.788. The summed E-state index contributed by atoms with van der Waals surface area (Å²) in [7, 11) is 1.33. The number of carbonyl (C=O) groups is 1. The van der Waals surface area contributed by atoms with Crippen molar-refractivity contribution in [1.82, 2.24) is 0 Å². The minimum atomic E-state index is -0.634. The van der Waals surface area contributed by atoms with Crippen molar-refractivity contribution >= 4 is 5.97 Å². The second-order valence-corrected chi connectivity index (χ2v) is 3.61. The molecule has 0 radical (unpaired) electrons. The van der Waals surface area contributed by atoms with Gasteiger partial charge in [0.05, 0.1) is 7.11 Å². The van der Waals surface area contributed by atoms with E-state index in [4.69, 9.17) is 10.5 Å². The van der Waals surface area contributed by atoms with Crippen molar-refractivity contribution in [2.75, 3.05) is 7.11 Å². The van der Waals surface area contributed by atoms with E-state index in [9.17, 15) is 4.79 Å². The van der Waals surface area contributed by atoms with Crippen molar-refractivity contribution in [3.63, 3.8) is 0 Å². The SMILES string of the molecule is COC(=O)C(C)Oc1ccccc1[C@@H](C)N. The lowest BCUT2D eigenvalue weighted by molar-refractivity contribution is -0.147. The molecule has 0 heterocycles. The van der Waals surface area contributed by atoms with E-state index in [0.717, 1.165) is 5.56 Å². The number of carbonyl (C=O) groups excluding carboxylic acids is 1. The lowest BCUT2D eigenvalue weighted by atomic mass is 10.1. The number of nitrogens with two attached hydrogens (primary N) is 1. The number of ether oxygens (including phenoxy) is 2. The Kier molecular flexibility index (Phi) is 4.31. The molecule has 1 unspecified atom stereocenters. The fourth-order valence-electron chi connectivity index (χ4n) is 1.37. The second kappa shape index (κ2) is 5.51. The number of rotatable bonds is 4. The molecule has 0 aliphatic rings. The van der Waals surface area contributed by atoms with Crippen LogP contribution in [0.4, 0.5) is 0 Å². The minimum absolute atomic E-state index is 0.138. The first-order valence-corrected chi connectivity index (χ1v) is 5.15. The van der Waals surface area contributed by atoms with E-state index in [0.29, 0.717) is 5.75 Å². The van der Waals surface area contributed by atoms with E-state index in [-0.39, 0.29) is 6.04 Å². The molecule has 0 spiro atoms. The predicted molar refractivity (Wildman–Crippen MR) is 61.2 cm³/mol. The third-order valence-electron chi connectivity index (χ3n) is 2.25. The van der Waals surface area contributed by atoms with Crippen molar-refractivity contribution in [3.8, 4) is 5.75 Å². The van der Waals surface area contributed by atoms with Crippen LogP contribution in [-0.2, 0) is 9.53 Å². The standard InChI is InChI=1S/C12H17NO3/c1-8(13)10-6-4-5-7-11(10)16-9(2)12(14)15-3/h4-9H,13H2,1-3H3/t8-,9?/m1/s1. The van der Waals surface area contributed by atoms with Gasteiger partial charge in [-0.2, -0.15) is 0 Å². The van der Waals surface area contributed by atoms with Crippen LogP contribution in [0.5, 0.6) is 5.75 Å². The fourth-order valence-corrected chi connectivity index (χ4v) is 1.37. The van der Waals surface area contributed by atoms with Crippen molar-refractivity contribution in [3.05, 3.63) is 29.8 Å². The zero-order chi connectivity index (χ0) is 12.1. The average Bonchev–Trinajstić information content (AvgIpc) is 2.28. The summed E-state index contributed by atoms with van der Waals surface area (Å²) >= 11 is 0. The van der Waals surface area contributed by atoms with Crippen molar-refractivity contribution in [1.29, 1.82) is 0 Å². The van der Waals surface area contributed by atoms with Crippen LogP contribution in [0, 0.1) is 0 Å². The van der Waals surface area contributed by atoms with E-state index in [1.165, 1.54) is 7.11 Å². The van der Waals surface area contributed by atoms with Crippen LogP contribution in [0.3, 0.4) is 0 Å². The van der Waals surface area contributed by atoms with E-state index >= 15 is 0 Å². The molecule has 1 rings (SSSR count). The minimum Gasteiger partial charge on any atom is -0.479 e. The molecule has 0 amide bonds. The Hall–Kier alpha value is -1.55. The van der Waals surface area contributed by atoms with Gasteiger partial charge in [-0.15, -0.1) is 0 Å². The third kappa shape index (κ3) is 2.97. The van der Waals surface area contributed by atoms with Gasteiger partial charge in [-0.1, -0.05) is 18.2 Å². The Bertz CT molecular complexity index is 363. The monoisotopic (exact) mass is 223 g/mol. The Balaban J connectivity index is 2.84. The number of hydrogen-bond donors (Lipinski definition) is 1. The second-order valence-electron chi connectivity index (χ2n) is 3.61. The molecule has 0 bridgehead atoms. The molecule has 1 aromatic rings. The van der Waals surface area contributed by atoms with Gasteiger partial charge in [-0.3, -0.25) is 0 Å². The van der Waals surface area contributed by atoms with Crippen LogP contribution >= 0.6 is 0 Å². The zero-order valence-corrected chi connectivity index (χ0v) is 9.77. The molecule has 2 atom stereocenters.